The van der Waals surface area contributed by atoms with Crippen LogP contribution in [0.2, 0.25) is 0 Å². The molecule has 1 aliphatic heterocycles. The van der Waals surface area contributed by atoms with Gasteiger partial charge in [0.25, 0.3) is 0 Å². The van der Waals surface area contributed by atoms with Gasteiger partial charge in [0.15, 0.2) is 0 Å². The molecule has 0 aliphatic carbocycles. The molecule has 0 aromatic carbocycles. The van der Waals surface area contributed by atoms with E-state index in [9.17, 15) is 9.59 Å². The number of hydrogen-bond acceptors (Lipinski definition) is 4. The molecule has 1 rings (SSSR count). The number of piperidine rings is 1. The topological polar surface area (TPSA) is 83.6 Å². The van der Waals surface area contributed by atoms with E-state index in [0.29, 0.717) is 19.3 Å². The summed E-state index contributed by atoms with van der Waals surface area (Å²) in [6.07, 6.45) is 0.715. The first kappa shape index (κ1) is 11.1. The van der Waals surface area contributed by atoms with Gasteiger partial charge in [0.1, 0.15) is 0 Å². The smallest absolute Gasteiger partial charge is 0.229 e. The van der Waals surface area contributed by atoms with Gasteiger partial charge >= 0.3 is 0 Å². The molecule has 14 heavy (non-hydrogen) atoms. The number of amides is 2. The van der Waals surface area contributed by atoms with Crippen molar-refractivity contribution >= 4 is 11.8 Å². The van der Waals surface area contributed by atoms with Gasteiger partial charge in [-0.1, -0.05) is 0 Å². The highest BCUT2D eigenvalue weighted by Crippen LogP contribution is 2.12. The Morgan fingerprint density at radius 1 is 1.43 bits per heavy atom. The van der Waals surface area contributed by atoms with Crippen LogP contribution in [-0.2, 0) is 9.59 Å². The van der Waals surface area contributed by atoms with Crippen molar-refractivity contribution < 1.29 is 14.7 Å². The van der Waals surface area contributed by atoms with Crippen LogP contribution < -0.4 is 5.73 Å². The van der Waals surface area contributed by atoms with Crippen molar-refractivity contribution in [3.8, 4) is 0 Å². The van der Waals surface area contributed by atoms with E-state index in [4.69, 9.17) is 10.8 Å². The molecule has 2 atom stereocenters. The predicted octanol–water partition coefficient (Wildman–Crippen LogP) is -0.766. The van der Waals surface area contributed by atoms with E-state index in [1.807, 2.05) is 0 Å². The summed E-state index contributed by atoms with van der Waals surface area (Å²) in [6, 6.07) is -0.555. The Morgan fingerprint density at radius 3 is 2.36 bits per heavy atom. The molecule has 3 N–H and O–H groups in total. The first-order valence-electron chi connectivity index (χ1n) is 4.79. The zero-order chi connectivity index (χ0) is 10.7. The van der Waals surface area contributed by atoms with Crippen molar-refractivity contribution in [1.29, 1.82) is 0 Å². The summed E-state index contributed by atoms with van der Waals surface area (Å²) < 4.78 is 0. The van der Waals surface area contributed by atoms with Gasteiger partial charge in [-0.3, -0.25) is 14.5 Å². The molecule has 1 aliphatic rings. The molecule has 5 heteroatoms. The first-order chi connectivity index (χ1) is 6.52. The van der Waals surface area contributed by atoms with Crippen molar-refractivity contribution in [3.63, 3.8) is 0 Å². The van der Waals surface area contributed by atoms with Crippen LogP contribution in [0.5, 0.6) is 0 Å². The number of nitrogens with zero attached hydrogens (tertiary/aromatic N) is 1. The SMILES string of the molecule is CC(O)C(N)CN1C(=O)CCCC1=O. The Morgan fingerprint density at radius 2 is 1.93 bits per heavy atom. The number of aliphatic hydroxyl groups excluding tert-OH is 1. The maximum absolute atomic E-state index is 11.3. The average molecular weight is 200 g/mol. The van der Waals surface area contributed by atoms with E-state index >= 15 is 0 Å². The van der Waals surface area contributed by atoms with E-state index in [2.05, 4.69) is 0 Å². The van der Waals surface area contributed by atoms with Gasteiger partial charge in [-0.15, -0.1) is 0 Å². The third-order valence-corrected chi connectivity index (χ3v) is 2.40. The molecular weight excluding hydrogens is 184 g/mol. The quantitative estimate of drug-likeness (QED) is 0.586. The molecule has 0 bridgehead atoms. The van der Waals surface area contributed by atoms with Crippen LogP contribution >= 0.6 is 0 Å². The standard InChI is InChI=1S/C9H16N2O3/c1-6(12)7(10)5-11-8(13)3-2-4-9(11)14/h6-7,12H,2-5,10H2,1H3. The molecule has 0 aromatic heterocycles. The fourth-order valence-electron chi connectivity index (χ4n) is 1.37. The summed E-state index contributed by atoms with van der Waals surface area (Å²) >= 11 is 0. The third-order valence-electron chi connectivity index (χ3n) is 2.40. The number of carbonyl (C=O) groups is 2. The van der Waals surface area contributed by atoms with Crippen LogP contribution in [0.15, 0.2) is 0 Å². The maximum atomic E-state index is 11.3. The zero-order valence-corrected chi connectivity index (χ0v) is 8.27. The number of rotatable bonds is 3. The molecule has 0 aromatic rings. The summed E-state index contributed by atoms with van der Waals surface area (Å²) in [5, 5.41) is 9.15. The highest BCUT2D eigenvalue weighted by Gasteiger charge is 2.28. The fraction of sp³-hybridized carbons (Fsp3) is 0.778. The minimum absolute atomic E-state index is 0.120. The van der Waals surface area contributed by atoms with Gasteiger partial charge in [-0.25, -0.2) is 0 Å². The van der Waals surface area contributed by atoms with Crippen LogP contribution in [0.1, 0.15) is 26.2 Å². The van der Waals surface area contributed by atoms with Crippen molar-refractivity contribution in [2.24, 2.45) is 5.73 Å². The van der Waals surface area contributed by atoms with Gasteiger partial charge in [0, 0.05) is 25.4 Å². The van der Waals surface area contributed by atoms with Crippen LogP contribution in [0.25, 0.3) is 0 Å². The molecule has 80 valence electrons. The summed E-state index contributed by atoms with van der Waals surface area (Å²) in [7, 11) is 0. The molecule has 0 spiro atoms. The lowest BCUT2D eigenvalue weighted by atomic mass is 10.1. The van der Waals surface area contributed by atoms with Gasteiger partial charge in [0.05, 0.1) is 6.10 Å². The van der Waals surface area contributed by atoms with Gasteiger partial charge in [-0.05, 0) is 13.3 Å². The van der Waals surface area contributed by atoms with Crippen LogP contribution in [0.4, 0.5) is 0 Å². The molecular formula is C9H16N2O3. The summed E-state index contributed by atoms with van der Waals surface area (Å²) in [4.78, 5) is 23.8. The number of imide groups is 1. The monoisotopic (exact) mass is 200 g/mol. The summed E-state index contributed by atoms with van der Waals surface area (Å²) in [6.45, 7) is 1.67. The molecule has 1 fully saturated rings. The summed E-state index contributed by atoms with van der Waals surface area (Å²) in [5.74, 6) is -0.366. The molecule has 0 saturated carbocycles. The Hall–Kier alpha value is -0.940. The molecule has 1 saturated heterocycles. The zero-order valence-electron chi connectivity index (χ0n) is 8.27. The van der Waals surface area contributed by atoms with E-state index in [0.717, 1.165) is 4.90 Å². The molecule has 1 heterocycles. The van der Waals surface area contributed by atoms with Crippen LogP contribution in [-0.4, -0.2) is 40.5 Å². The molecule has 5 nitrogen and oxygen atoms in total. The maximum Gasteiger partial charge on any atom is 0.229 e. The van der Waals surface area contributed by atoms with Crippen LogP contribution in [0.3, 0.4) is 0 Å². The minimum atomic E-state index is -0.711. The lowest BCUT2D eigenvalue weighted by Crippen LogP contribution is -2.50. The highest BCUT2D eigenvalue weighted by atomic mass is 16.3. The van der Waals surface area contributed by atoms with Crippen LogP contribution in [0, 0.1) is 0 Å². The lowest BCUT2D eigenvalue weighted by Gasteiger charge is -2.28. The Bertz CT molecular complexity index is 224. The number of aliphatic hydroxyl groups is 1. The van der Waals surface area contributed by atoms with E-state index in [1.54, 1.807) is 6.92 Å². The normalized spacial score (nSPS) is 22.4. The second kappa shape index (κ2) is 4.52. The molecule has 2 unspecified atom stereocenters. The Kier molecular flexibility index (Phi) is 3.60. The van der Waals surface area contributed by atoms with Crippen molar-refractivity contribution in [3.05, 3.63) is 0 Å². The van der Waals surface area contributed by atoms with Gasteiger partial charge < -0.3 is 10.8 Å². The van der Waals surface area contributed by atoms with Crippen molar-refractivity contribution in [2.75, 3.05) is 6.54 Å². The van der Waals surface area contributed by atoms with E-state index in [-0.39, 0.29) is 18.4 Å². The number of nitrogens with two attached hydrogens (primary N) is 1. The Labute approximate surface area is 82.9 Å². The molecule has 0 radical (unpaired) electrons. The van der Waals surface area contributed by atoms with Gasteiger partial charge in [-0.2, -0.15) is 0 Å². The fourth-order valence-corrected chi connectivity index (χ4v) is 1.37. The Balaban J connectivity index is 2.56. The highest BCUT2D eigenvalue weighted by molar-refractivity contribution is 5.97. The predicted molar refractivity (Wildman–Crippen MR) is 50.2 cm³/mol. The number of likely N-dealkylation sites (tertiary alicyclic amines) is 1. The lowest BCUT2D eigenvalue weighted by molar-refractivity contribution is -0.148. The first-order valence-corrected chi connectivity index (χ1v) is 4.79. The number of carbonyl (C=O) groups excluding carboxylic acids is 2. The van der Waals surface area contributed by atoms with Crippen molar-refractivity contribution in [1.82, 2.24) is 4.90 Å². The second-order valence-corrected chi connectivity index (χ2v) is 3.66. The second-order valence-electron chi connectivity index (χ2n) is 3.66. The largest absolute Gasteiger partial charge is 0.392 e. The van der Waals surface area contributed by atoms with Gasteiger partial charge in [0.2, 0.25) is 11.8 Å². The average Bonchev–Trinajstić information content (AvgIpc) is 2.11. The molecule has 2 amide bonds. The number of hydrogen-bond donors (Lipinski definition) is 2. The van der Waals surface area contributed by atoms with E-state index < -0.39 is 12.1 Å². The minimum Gasteiger partial charge on any atom is -0.392 e. The summed E-state index contributed by atoms with van der Waals surface area (Å²) in [5.41, 5.74) is 5.58. The third kappa shape index (κ3) is 2.52. The van der Waals surface area contributed by atoms with Crippen molar-refractivity contribution in [2.45, 2.75) is 38.3 Å². The van der Waals surface area contributed by atoms with E-state index in [1.165, 1.54) is 0 Å².